The Morgan fingerprint density at radius 1 is 1.17 bits per heavy atom. The minimum Gasteiger partial charge on any atom is -0.379 e. The van der Waals surface area contributed by atoms with Gasteiger partial charge >= 0.3 is 0 Å². The van der Waals surface area contributed by atoms with E-state index in [1.165, 1.54) is 0 Å². The lowest BCUT2D eigenvalue weighted by atomic mass is 10.1. The number of aliphatic imine (C=N–C) groups is 1. The van der Waals surface area contributed by atoms with Crippen molar-refractivity contribution in [2.45, 2.75) is 44.7 Å². The fourth-order valence-corrected chi connectivity index (χ4v) is 4.67. The highest BCUT2D eigenvalue weighted by molar-refractivity contribution is 7.89. The van der Waals surface area contributed by atoms with Gasteiger partial charge in [-0.25, -0.2) is 18.1 Å². The van der Waals surface area contributed by atoms with Gasteiger partial charge in [0.25, 0.3) is 0 Å². The van der Waals surface area contributed by atoms with Crippen LogP contribution in [0.5, 0.6) is 0 Å². The lowest BCUT2D eigenvalue weighted by Gasteiger charge is -2.26. The molecule has 29 heavy (non-hydrogen) atoms. The number of morpholine rings is 1. The second kappa shape index (κ2) is 10.9. The fraction of sp³-hybridized carbons (Fsp3) is 0.650. The van der Waals surface area contributed by atoms with Gasteiger partial charge in [-0.05, 0) is 39.3 Å². The smallest absolute Gasteiger partial charge is 0.241 e. The van der Waals surface area contributed by atoms with Gasteiger partial charge in [-0.1, -0.05) is 18.2 Å². The first-order chi connectivity index (χ1) is 13.7. The summed E-state index contributed by atoms with van der Waals surface area (Å²) in [5.74, 6) is 0.678. The van der Waals surface area contributed by atoms with Gasteiger partial charge in [0.05, 0.1) is 24.7 Å². The quantitative estimate of drug-likeness (QED) is 0.427. The van der Waals surface area contributed by atoms with Crippen molar-refractivity contribution >= 4 is 16.0 Å². The molecule has 1 heterocycles. The number of sulfonamides is 1. The predicted molar refractivity (Wildman–Crippen MR) is 117 cm³/mol. The second-order valence-electron chi connectivity index (χ2n) is 8.04. The van der Waals surface area contributed by atoms with E-state index >= 15 is 0 Å². The Morgan fingerprint density at radius 2 is 1.86 bits per heavy atom. The zero-order chi connectivity index (χ0) is 21.3. The van der Waals surface area contributed by atoms with Crippen LogP contribution in [0, 0.1) is 0 Å². The van der Waals surface area contributed by atoms with Gasteiger partial charge in [0, 0.05) is 38.3 Å². The van der Waals surface area contributed by atoms with Crippen LogP contribution in [0.4, 0.5) is 0 Å². The Labute approximate surface area is 175 Å². The molecule has 164 valence electrons. The third-order valence-electron chi connectivity index (χ3n) is 4.28. The summed E-state index contributed by atoms with van der Waals surface area (Å²) in [5, 5.41) is 6.54. The van der Waals surface area contributed by atoms with Gasteiger partial charge in [0.1, 0.15) is 0 Å². The van der Waals surface area contributed by atoms with E-state index in [9.17, 15) is 8.42 Å². The van der Waals surface area contributed by atoms with Gasteiger partial charge in [-0.3, -0.25) is 4.90 Å². The minimum atomic E-state index is -3.62. The molecular formula is C20H35N5O3S. The number of rotatable bonds is 8. The first kappa shape index (κ1) is 23.6. The van der Waals surface area contributed by atoms with Crippen molar-refractivity contribution in [3.8, 4) is 0 Å². The van der Waals surface area contributed by atoms with Gasteiger partial charge in [0.15, 0.2) is 5.96 Å². The van der Waals surface area contributed by atoms with Gasteiger partial charge in [-0.2, -0.15) is 0 Å². The second-order valence-corrected chi connectivity index (χ2v) is 9.69. The van der Waals surface area contributed by atoms with Gasteiger partial charge < -0.3 is 15.4 Å². The van der Waals surface area contributed by atoms with Crippen LogP contribution in [0.15, 0.2) is 34.2 Å². The molecule has 0 amide bonds. The molecule has 1 saturated heterocycles. The van der Waals surface area contributed by atoms with Crippen LogP contribution in [0.25, 0.3) is 0 Å². The van der Waals surface area contributed by atoms with E-state index in [2.05, 4.69) is 25.2 Å². The standard InChI is InChI=1S/C20H35N5O3S/c1-5-21-19(22-10-11-25-12-14-28-15-13-25)23-16-17-8-6-7-9-18(17)29(26,27)24-20(2,3)4/h6-9,24H,5,10-16H2,1-4H3,(H2,21,22,23). The number of ether oxygens (including phenoxy) is 1. The molecule has 1 aliphatic rings. The van der Waals surface area contributed by atoms with Crippen LogP contribution in [0.3, 0.4) is 0 Å². The maximum absolute atomic E-state index is 12.8. The minimum absolute atomic E-state index is 0.267. The Kier molecular flexibility index (Phi) is 8.88. The van der Waals surface area contributed by atoms with Crippen molar-refractivity contribution in [1.82, 2.24) is 20.3 Å². The Hall–Kier alpha value is -1.68. The monoisotopic (exact) mass is 425 g/mol. The first-order valence-electron chi connectivity index (χ1n) is 10.2. The van der Waals surface area contributed by atoms with Crippen molar-refractivity contribution in [2.75, 3.05) is 45.9 Å². The van der Waals surface area contributed by atoms with Crippen LogP contribution >= 0.6 is 0 Å². The van der Waals surface area contributed by atoms with Gasteiger partial charge in [-0.15, -0.1) is 0 Å². The largest absolute Gasteiger partial charge is 0.379 e. The zero-order valence-corrected chi connectivity index (χ0v) is 18.8. The summed E-state index contributed by atoms with van der Waals surface area (Å²) in [7, 11) is -3.62. The van der Waals surface area contributed by atoms with Crippen molar-refractivity contribution in [3.05, 3.63) is 29.8 Å². The number of hydrogen-bond acceptors (Lipinski definition) is 5. The lowest BCUT2D eigenvalue weighted by Crippen LogP contribution is -2.44. The van der Waals surface area contributed by atoms with Crippen LogP contribution < -0.4 is 15.4 Å². The van der Waals surface area contributed by atoms with Gasteiger partial charge in [0.2, 0.25) is 10.0 Å². The Bertz CT molecular complexity index is 769. The Balaban J connectivity index is 2.04. The van der Waals surface area contributed by atoms with Crippen molar-refractivity contribution in [2.24, 2.45) is 4.99 Å². The van der Waals surface area contributed by atoms with Crippen molar-refractivity contribution in [3.63, 3.8) is 0 Å². The van der Waals surface area contributed by atoms with Crippen LogP contribution in [-0.4, -0.2) is 70.8 Å². The molecule has 0 atom stereocenters. The number of guanidine groups is 1. The molecule has 8 nitrogen and oxygen atoms in total. The third kappa shape index (κ3) is 8.30. The molecule has 2 rings (SSSR count). The first-order valence-corrected chi connectivity index (χ1v) is 11.6. The summed E-state index contributed by atoms with van der Waals surface area (Å²) in [6, 6.07) is 6.99. The molecule has 0 spiro atoms. The zero-order valence-electron chi connectivity index (χ0n) is 18.0. The van der Waals surface area contributed by atoms with Crippen molar-refractivity contribution < 1.29 is 13.2 Å². The summed E-state index contributed by atoms with van der Waals surface area (Å²) < 4.78 is 33.6. The average molecular weight is 426 g/mol. The SMILES string of the molecule is CCNC(=NCc1ccccc1S(=O)(=O)NC(C)(C)C)NCCN1CCOCC1. The third-order valence-corrected chi connectivity index (χ3v) is 6.14. The van der Waals surface area contributed by atoms with E-state index in [0.717, 1.165) is 45.9 Å². The maximum Gasteiger partial charge on any atom is 0.241 e. The molecule has 1 fully saturated rings. The fourth-order valence-electron chi connectivity index (χ4n) is 3.02. The van der Waals surface area contributed by atoms with E-state index in [1.807, 2.05) is 33.8 Å². The van der Waals surface area contributed by atoms with Crippen molar-refractivity contribution in [1.29, 1.82) is 0 Å². The number of benzene rings is 1. The average Bonchev–Trinajstić information content (AvgIpc) is 2.65. The summed E-state index contributed by atoms with van der Waals surface area (Å²) in [4.78, 5) is 7.21. The lowest BCUT2D eigenvalue weighted by molar-refractivity contribution is 0.0389. The molecule has 0 aliphatic carbocycles. The van der Waals surface area contributed by atoms with E-state index in [0.29, 0.717) is 11.5 Å². The molecule has 9 heteroatoms. The predicted octanol–water partition coefficient (Wildman–Crippen LogP) is 1.15. The molecule has 1 aliphatic heterocycles. The summed E-state index contributed by atoms with van der Waals surface area (Å²) >= 11 is 0. The van der Waals surface area contributed by atoms with Crippen LogP contribution in [0.2, 0.25) is 0 Å². The maximum atomic E-state index is 12.8. The molecule has 3 N–H and O–H groups in total. The molecule has 1 aromatic rings. The van der Waals surface area contributed by atoms with E-state index < -0.39 is 15.6 Å². The highest BCUT2D eigenvalue weighted by Gasteiger charge is 2.24. The number of hydrogen-bond donors (Lipinski definition) is 3. The summed E-state index contributed by atoms with van der Waals surface area (Å²) in [5.41, 5.74) is 0.111. The molecule has 0 radical (unpaired) electrons. The molecule has 0 saturated carbocycles. The molecule has 0 aromatic heterocycles. The Morgan fingerprint density at radius 3 is 2.52 bits per heavy atom. The normalized spacial score (nSPS) is 16.6. The van der Waals surface area contributed by atoms with E-state index in [-0.39, 0.29) is 11.4 Å². The number of nitrogens with one attached hydrogen (secondary N) is 3. The van der Waals surface area contributed by atoms with Crippen LogP contribution in [0.1, 0.15) is 33.3 Å². The number of nitrogens with zero attached hydrogens (tertiary/aromatic N) is 2. The highest BCUT2D eigenvalue weighted by atomic mass is 32.2. The van der Waals surface area contributed by atoms with E-state index in [4.69, 9.17) is 4.74 Å². The molecule has 0 unspecified atom stereocenters. The summed E-state index contributed by atoms with van der Waals surface area (Å²) in [6.45, 7) is 13.6. The van der Waals surface area contributed by atoms with Crippen LogP contribution in [-0.2, 0) is 21.3 Å². The highest BCUT2D eigenvalue weighted by Crippen LogP contribution is 2.18. The van der Waals surface area contributed by atoms with E-state index in [1.54, 1.807) is 18.2 Å². The molecular weight excluding hydrogens is 390 g/mol. The summed E-state index contributed by atoms with van der Waals surface area (Å²) in [6.07, 6.45) is 0. The molecule has 1 aromatic carbocycles. The molecule has 0 bridgehead atoms. The topological polar surface area (TPSA) is 95.1 Å².